The van der Waals surface area contributed by atoms with Gasteiger partial charge in [-0.15, -0.1) is 0 Å². The molecule has 5 heteroatoms. The molecule has 3 aromatic carbocycles. The Morgan fingerprint density at radius 3 is 1.38 bits per heavy atom. The van der Waals surface area contributed by atoms with Crippen molar-refractivity contribution in [1.82, 2.24) is 0 Å². The Hall–Kier alpha value is -1.86. The number of hydrogen-bond donors (Lipinski definition) is 0. The first-order chi connectivity index (χ1) is 12.2. The van der Waals surface area contributed by atoms with Gasteiger partial charge in [-0.25, -0.2) is 4.79 Å². The fourth-order valence-electron chi connectivity index (χ4n) is 3.14. The van der Waals surface area contributed by atoms with Crippen LogP contribution in [0.4, 0.5) is 4.79 Å². The van der Waals surface area contributed by atoms with Gasteiger partial charge in [0.1, 0.15) is 35.9 Å². The Morgan fingerprint density at radius 1 is 0.731 bits per heavy atom. The maximum Gasteiger partial charge on any atom is 0.403 e. The van der Waals surface area contributed by atoms with E-state index in [1.165, 1.54) is 15.9 Å². The Balaban J connectivity index is 0.00000243. The predicted octanol–water partition coefficient (Wildman–Crippen LogP) is 1.36. The van der Waals surface area contributed by atoms with Crippen molar-refractivity contribution in [3.05, 3.63) is 91.0 Å². The molecule has 134 valence electrons. The summed E-state index contributed by atoms with van der Waals surface area (Å²) in [6, 6.07) is 31.4. The molecule has 0 amide bonds. The maximum atomic E-state index is 11.1. The normalized spacial score (nSPS) is 10.7. The standard InChI is InChI=1S/C21H19ClO2P.ClH/c22-21(23)24-16-17-25(18-10-4-1-5-11-18,19-12-6-2-7-13-19)20-14-8-3-9-15-20;/h1-15H,16-17H2;1H/q+1;/p-1. The summed E-state index contributed by atoms with van der Waals surface area (Å²) < 4.78 is 5.12. The number of carbonyl (C=O) groups is 1. The molecule has 0 saturated heterocycles. The minimum Gasteiger partial charge on any atom is -1.00 e. The van der Waals surface area contributed by atoms with Gasteiger partial charge in [-0.1, -0.05) is 54.6 Å². The number of hydrogen-bond acceptors (Lipinski definition) is 2. The molecule has 0 spiro atoms. The quantitative estimate of drug-likeness (QED) is 0.458. The molecule has 0 aliphatic carbocycles. The van der Waals surface area contributed by atoms with E-state index in [1.807, 2.05) is 18.2 Å². The highest BCUT2D eigenvalue weighted by Crippen LogP contribution is 2.54. The van der Waals surface area contributed by atoms with E-state index in [2.05, 4.69) is 72.8 Å². The number of ether oxygens (including phenoxy) is 1. The summed E-state index contributed by atoms with van der Waals surface area (Å²) >= 11 is 5.40. The predicted molar refractivity (Wildman–Crippen MR) is 107 cm³/mol. The minimum atomic E-state index is -1.95. The summed E-state index contributed by atoms with van der Waals surface area (Å²) in [6.07, 6.45) is 0.712. The second kappa shape index (κ2) is 9.73. The molecule has 0 atom stereocenters. The number of carbonyl (C=O) groups excluding carboxylic acids is 1. The molecule has 0 unspecified atom stereocenters. The van der Waals surface area contributed by atoms with Crippen molar-refractivity contribution in [3.63, 3.8) is 0 Å². The lowest BCUT2D eigenvalue weighted by molar-refractivity contribution is -0.00000967. The van der Waals surface area contributed by atoms with Crippen LogP contribution in [0.15, 0.2) is 91.0 Å². The van der Waals surface area contributed by atoms with Gasteiger partial charge in [0.05, 0.1) is 0 Å². The minimum absolute atomic E-state index is 0. The molecule has 0 bridgehead atoms. The highest BCUT2D eigenvalue weighted by molar-refractivity contribution is 7.95. The van der Waals surface area contributed by atoms with Crippen LogP contribution in [-0.2, 0) is 4.74 Å². The molecule has 2 nitrogen and oxygen atoms in total. The Kier molecular flexibility index (Phi) is 7.66. The van der Waals surface area contributed by atoms with E-state index < -0.39 is 12.7 Å². The molecule has 0 N–H and O–H groups in total. The van der Waals surface area contributed by atoms with E-state index in [9.17, 15) is 4.79 Å². The van der Waals surface area contributed by atoms with Crippen LogP contribution in [-0.4, -0.2) is 18.2 Å². The molecule has 0 aromatic heterocycles. The van der Waals surface area contributed by atoms with Crippen molar-refractivity contribution in [1.29, 1.82) is 0 Å². The van der Waals surface area contributed by atoms with Crippen molar-refractivity contribution >= 4 is 40.2 Å². The summed E-state index contributed by atoms with van der Waals surface area (Å²) in [4.78, 5) is 11.1. The van der Waals surface area contributed by atoms with Crippen molar-refractivity contribution in [2.75, 3.05) is 12.8 Å². The van der Waals surface area contributed by atoms with Gasteiger partial charge < -0.3 is 17.1 Å². The maximum absolute atomic E-state index is 11.1. The van der Waals surface area contributed by atoms with Crippen LogP contribution < -0.4 is 28.3 Å². The van der Waals surface area contributed by atoms with Crippen molar-refractivity contribution in [3.8, 4) is 0 Å². The van der Waals surface area contributed by atoms with Gasteiger partial charge in [0.25, 0.3) is 0 Å². The first kappa shape index (κ1) is 20.5. The van der Waals surface area contributed by atoms with E-state index >= 15 is 0 Å². The Bertz CT molecular complexity index is 715. The van der Waals surface area contributed by atoms with Crippen LogP contribution in [0.5, 0.6) is 0 Å². The molecule has 0 fully saturated rings. The van der Waals surface area contributed by atoms with Crippen molar-refractivity contribution in [2.45, 2.75) is 0 Å². The second-order valence-corrected chi connectivity index (χ2v) is 9.55. The van der Waals surface area contributed by atoms with Gasteiger partial charge in [0, 0.05) is 11.6 Å². The molecule has 3 aromatic rings. The Labute approximate surface area is 165 Å². The van der Waals surface area contributed by atoms with Gasteiger partial charge in [-0.05, 0) is 36.4 Å². The van der Waals surface area contributed by atoms with E-state index in [4.69, 9.17) is 16.3 Å². The van der Waals surface area contributed by atoms with Gasteiger partial charge in [-0.2, -0.15) is 0 Å². The molecule has 0 saturated carbocycles. The molecule has 0 heterocycles. The van der Waals surface area contributed by atoms with Crippen LogP contribution in [0.3, 0.4) is 0 Å². The third-order valence-corrected chi connectivity index (χ3v) is 8.73. The van der Waals surface area contributed by atoms with Gasteiger partial charge in [0.15, 0.2) is 0 Å². The topological polar surface area (TPSA) is 26.3 Å². The van der Waals surface area contributed by atoms with E-state index in [0.29, 0.717) is 6.16 Å². The van der Waals surface area contributed by atoms with Gasteiger partial charge in [-0.3, -0.25) is 0 Å². The van der Waals surface area contributed by atoms with Crippen molar-refractivity contribution < 1.29 is 21.9 Å². The van der Waals surface area contributed by atoms with Crippen LogP contribution in [0, 0.1) is 0 Å². The first-order valence-electron chi connectivity index (χ1n) is 8.11. The number of benzene rings is 3. The van der Waals surface area contributed by atoms with Gasteiger partial charge in [0.2, 0.25) is 0 Å². The highest BCUT2D eigenvalue weighted by atomic mass is 35.5. The molecule has 0 aliphatic heterocycles. The van der Waals surface area contributed by atoms with E-state index in [0.717, 1.165) is 0 Å². The van der Waals surface area contributed by atoms with Crippen LogP contribution >= 0.6 is 18.9 Å². The molecular formula is C21H19Cl2O2P. The summed E-state index contributed by atoms with van der Waals surface area (Å²) in [7, 11) is -1.95. The lowest BCUT2D eigenvalue weighted by atomic mass is 10.4. The third-order valence-electron chi connectivity index (χ3n) is 4.23. The molecule has 0 aliphatic rings. The van der Waals surface area contributed by atoms with Crippen LogP contribution in [0.1, 0.15) is 0 Å². The smallest absolute Gasteiger partial charge is 0.403 e. The van der Waals surface area contributed by atoms with E-state index in [1.54, 1.807) is 0 Å². The highest BCUT2D eigenvalue weighted by Gasteiger charge is 2.45. The zero-order valence-corrected chi connectivity index (χ0v) is 16.5. The number of halogens is 2. The zero-order chi connectivity index (χ0) is 17.5. The number of rotatable bonds is 6. The largest absolute Gasteiger partial charge is 1.00 e. The summed E-state index contributed by atoms with van der Waals surface area (Å²) in [5.74, 6) is 0. The molecule has 0 radical (unpaired) electrons. The van der Waals surface area contributed by atoms with Crippen molar-refractivity contribution in [2.24, 2.45) is 0 Å². The fraction of sp³-hybridized carbons (Fsp3) is 0.0952. The fourth-order valence-corrected chi connectivity index (χ4v) is 7.30. The lowest BCUT2D eigenvalue weighted by Crippen LogP contribution is -3.00. The average Bonchev–Trinajstić information content (AvgIpc) is 2.67. The van der Waals surface area contributed by atoms with E-state index in [-0.39, 0.29) is 19.0 Å². The van der Waals surface area contributed by atoms with Crippen LogP contribution in [0.25, 0.3) is 0 Å². The summed E-state index contributed by atoms with van der Waals surface area (Å²) in [5, 5.41) is 3.79. The molecule has 3 rings (SSSR count). The summed E-state index contributed by atoms with van der Waals surface area (Å²) in [6.45, 7) is 0.287. The average molecular weight is 405 g/mol. The second-order valence-electron chi connectivity index (χ2n) is 5.63. The first-order valence-corrected chi connectivity index (χ1v) is 10.5. The monoisotopic (exact) mass is 404 g/mol. The summed E-state index contributed by atoms with van der Waals surface area (Å²) in [5.41, 5.74) is -0.757. The Morgan fingerprint density at radius 2 is 1.08 bits per heavy atom. The van der Waals surface area contributed by atoms with Crippen LogP contribution in [0.2, 0.25) is 0 Å². The molecule has 26 heavy (non-hydrogen) atoms. The third kappa shape index (κ3) is 4.45. The molecular weight excluding hydrogens is 386 g/mol. The lowest BCUT2D eigenvalue weighted by Gasteiger charge is -2.27. The SMILES string of the molecule is O=C(Cl)OCC[P+](c1ccccc1)(c1ccccc1)c1ccccc1.[Cl-]. The van der Waals surface area contributed by atoms with Gasteiger partial charge >= 0.3 is 5.43 Å². The zero-order valence-electron chi connectivity index (χ0n) is 14.1.